The van der Waals surface area contributed by atoms with Crippen LogP contribution in [0.1, 0.15) is 10.4 Å². The minimum atomic E-state index is -0.284. The summed E-state index contributed by atoms with van der Waals surface area (Å²) < 4.78 is 5.78. The van der Waals surface area contributed by atoms with Gasteiger partial charge in [-0.2, -0.15) is 0 Å². The third kappa shape index (κ3) is 4.75. The molecule has 0 bridgehead atoms. The first-order valence-corrected chi connectivity index (χ1v) is 10.2. The third-order valence-corrected chi connectivity index (χ3v) is 4.81. The minimum absolute atomic E-state index is 0.284. The maximum Gasteiger partial charge on any atom is 0.256 e. The molecule has 0 spiro atoms. The fourth-order valence-corrected chi connectivity index (χ4v) is 3.27. The van der Waals surface area contributed by atoms with Crippen molar-refractivity contribution in [3.63, 3.8) is 0 Å². The van der Waals surface area contributed by atoms with Gasteiger partial charge in [-0.3, -0.25) is 19.7 Å². The first-order valence-electron chi connectivity index (χ1n) is 10.2. The zero-order valence-corrected chi connectivity index (χ0v) is 17.3. The van der Waals surface area contributed by atoms with Gasteiger partial charge < -0.3 is 15.4 Å². The van der Waals surface area contributed by atoms with Crippen molar-refractivity contribution in [2.45, 2.75) is 0 Å². The summed E-state index contributed by atoms with van der Waals surface area (Å²) in [6.07, 6.45) is 10.1. The van der Waals surface area contributed by atoms with E-state index in [9.17, 15) is 4.79 Å². The maximum atomic E-state index is 12.9. The van der Waals surface area contributed by atoms with E-state index in [0.29, 0.717) is 22.9 Å². The van der Waals surface area contributed by atoms with Crippen LogP contribution in [0.25, 0.3) is 10.9 Å². The summed E-state index contributed by atoms with van der Waals surface area (Å²) in [4.78, 5) is 29.6. The van der Waals surface area contributed by atoms with Gasteiger partial charge in [-0.25, -0.2) is 4.98 Å². The number of carbonyl (C=O) groups excluding carboxylic acids is 1. The SMILES string of the molecule is O=C(Nc1cc(Oc2ccncc2)ccn1)c1cccc(Nc2ccnc3ccncc23)c1. The van der Waals surface area contributed by atoms with Crippen molar-refractivity contribution in [1.82, 2.24) is 19.9 Å². The number of anilines is 3. The van der Waals surface area contributed by atoms with E-state index in [1.54, 1.807) is 73.6 Å². The Morgan fingerprint density at radius 3 is 2.52 bits per heavy atom. The molecule has 0 fully saturated rings. The predicted molar refractivity (Wildman–Crippen MR) is 126 cm³/mol. The molecule has 0 atom stereocenters. The van der Waals surface area contributed by atoms with Gasteiger partial charge in [-0.15, -0.1) is 0 Å². The Balaban J connectivity index is 1.32. The van der Waals surface area contributed by atoms with Crippen LogP contribution in [-0.4, -0.2) is 25.8 Å². The van der Waals surface area contributed by atoms with Gasteiger partial charge in [0.1, 0.15) is 17.3 Å². The highest BCUT2D eigenvalue weighted by atomic mass is 16.5. The quantitative estimate of drug-likeness (QED) is 0.378. The van der Waals surface area contributed by atoms with Crippen molar-refractivity contribution in [1.29, 1.82) is 0 Å². The van der Waals surface area contributed by atoms with Crippen molar-refractivity contribution in [3.8, 4) is 11.5 Å². The summed E-state index contributed by atoms with van der Waals surface area (Å²) in [6.45, 7) is 0. The zero-order valence-electron chi connectivity index (χ0n) is 17.3. The van der Waals surface area contributed by atoms with Gasteiger partial charge in [0, 0.05) is 59.9 Å². The third-order valence-electron chi connectivity index (χ3n) is 4.81. The van der Waals surface area contributed by atoms with Crippen molar-refractivity contribution >= 4 is 34.0 Å². The lowest BCUT2D eigenvalue weighted by molar-refractivity contribution is 0.102. The fraction of sp³-hybridized carbons (Fsp3) is 0. The van der Waals surface area contributed by atoms with Gasteiger partial charge in [0.15, 0.2) is 0 Å². The van der Waals surface area contributed by atoms with Crippen molar-refractivity contribution in [2.24, 2.45) is 0 Å². The molecule has 5 rings (SSSR count). The standard InChI is InChI=1S/C25H18N6O2/c32-25(31-24-15-20(6-12-29-24)33-19-4-9-26-10-5-19)17-2-1-3-18(14-17)30-23-8-13-28-22-7-11-27-16-21(22)23/h1-16H,(H,28,30)(H,29,31,32). The molecule has 4 heterocycles. The van der Waals surface area contributed by atoms with Crippen LogP contribution < -0.4 is 15.4 Å². The lowest BCUT2D eigenvalue weighted by Crippen LogP contribution is -2.13. The lowest BCUT2D eigenvalue weighted by Gasteiger charge is -2.11. The molecule has 0 radical (unpaired) electrons. The van der Waals surface area contributed by atoms with E-state index < -0.39 is 0 Å². The molecule has 33 heavy (non-hydrogen) atoms. The topological polar surface area (TPSA) is 102 Å². The Bertz CT molecular complexity index is 1420. The molecule has 0 aliphatic carbocycles. The van der Waals surface area contributed by atoms with Gasteiger partial charge in [0.2, 0.25) is 0 Å². The molecular weight excluding hydrogens is 416 g/mol. The molecule has 8 nitrogen and oxygen atoms in total. The molecule has 160 valence electrons. The number of pyridine rings is 4. The highest BCUT2D eigenvalue weighted by Crippen LogP contribution is 2.25. The Labute approximate surface area is 189 Å². The van der Waals surface area contributed by atoms with E-state index in [2.05, 4.69) is 30.6 Å². The second kappa shape index (κ2) is 9.11. The second-order valence-electron chi connectivity index (χ2n) is 7.07. The molecule has 2 N–H and O–H groups in total. The van der Waals surface area contributed by atoms with Crippen molar-refractivity contribution in [2.75, 3.05) is 10.6 Å². The second-order valence-corrected chi connectivity index (χ2v) is 7.07. The number of ether oxygens (including phenoxy) is 1. The van der Waals surface area contributed by atoms with Crippen LogP contribution in [-0.2, 0) is 0 Å². The van der Waals surface area contributed by atoms with E-state index in [4.69, 9.17) is 4.74 Å². The van der Waals surface area contributed by atoms with Gasteiger partial charge >= 0.3 is 0 Å². The largest absolute Gasteiger partial charge is 0.457 e. The van der Waals surface area contributed by atoms with Crippen LogP contribution in [0.15, 0.2) is 97.8 Å². The summed E-state index contributed by atoms with van der Waals surface area (Å²) in [7, 11) is 0. The van der Waals surface area contributed by atoms with Gasteiger partial charge in [0.25, 0.3) is 5.91 Å². The van der Waals surface area contributed by atoms with Gasteiger partial charge in [0.05, 0.1) is 11.2 Å². The first-order chi connectivity index (χ1) is 16.2. The van der Waals surface area contributed by atoms with Crippen LogP contribution >= 0.6 is 0 Å². The molecule has 5 aromatic rings. The summed E-state index contributed by atoms with van der Waals surface area (Å²) >= 11 is 0. The van der Waals surface area contributed by atoms with Crippen LogP contribution in [0.4, 0.5) is 17.2 Å². The maximum absolute atomic E-state index is 12.9. The number of amides is 1. The van der Waals surface area contributed by atoms with E-state index in [0.717, 1.165) is 22.3 Å². The molecule has 0 saturated heterocycles. The highest BCUT2D eigenvalue weighted by molar-refractivity contribution is 6.04. The summed E-state index contributed by atoms with van der Waals surface area (Å²) in [5.41, 5.74) is 2.94. The molecule has 0 aliphatic rings. The summed E-state index contributed by atoms with van der Waals surface area (Å²) in [5, 5.41) is 7.05. The number of carbonyl (C=O) groups is 1. The number of benzene rings is 1. The number of aromatic nitrogens is 4. The highest BCUT2D eigenvalue weighted by Gasteiger charge is 2.10. The molecule has 8 heteroatoms. The number of nitrogens with one attached hydrogen (secondary N) is 2. The fourth-order valence-electron chi connectivity index (χ4n) is 3.27. The van der Waals surface area contributed by atoms with Crippen LogP contribution in [0.2, 0.25) is 0 Å². The molecule has 0 aliphatic heterocycles. The van der Waals surface area contributed by atoms with Crippen molar-refractivity contribution < 1.29 is 9.53 Å². The molecule has 0 unspecified atom stereocenters. The van der Waals surface area contributed by atoms with Crippen LogP contribution in [0.3, 0.4) is 0 Å². The summed E-state index contributed by atoms with van der Waals surface area (Å²) in [6, 6.07) is 17.8. The molecule has 4 aromatic heterocycles. The van der Waals surface area contributed by atoms with E-state index in [-0.39, 0.29) is 5.91 Å². The van der Waals surface area contributed by atoms with Crippen LogP contribution in [0.5, 0.6) is 11.5 Å². The van der Waals surface area contributed by atoms with E-state index in [1.165, 1.54) is 0 Å². The monoisotopic (exact) mass is 434 g/mol. The smallest absolute Gasteiger partial charge is 0.256 e. The molecule has 1 aromatic carbocycles. The average Bonchev–Trinajstić information content (AvgIpc) is 2.85. The average molecular weight is 434 g/mol. The van der Waals surface area contributed by atoms with E-state index >= 15 is 0 Å². The Morgan fingerprint density at radius 2 is 1.61 bits per heavy atom. The van der Waals surface area contributed by atoms with Crippen molar-refractivity contribution in [3.05, 3.63) is 103 Å². The Morgan fingerprint density at radius 1 is 0.788 bits per heavy atom. The number of rotatable bonds is 6. The minimum Gasteiger partial charge on any atom is -0.457 e. The molecular formula is C25H18N6O2. The van der Waals surface area contributed by atoms with Crippen LogP contribution in [0, 0.1) is 0 Å². The predicted octanol–water partition coefficient (Wildman–Crippen LogP) is 5.21. The molecule has 1 amide bonds. The van der Waals surface area contributed by atoms with Gasteiger partial charge in [-0.1, -0.05) is 6.07 Å². The first kappa shape index (κ1) is 20.1. The molecule has 0 saturated carbocycles. The Hall–Kier alpha value is -4.85. The zero-order chi connectivity index (χ0) is 22.5. The van der Waals surface area contributed by atoms with E-state index in [1.807, 2.05) is 24.3 Å². The number of hydrogen-bond acceptors (Lipinski definition) is 7. The Kier molecular flexibility index (Phi) is 5.54. The summed E-state index contributed by atoms with van der Waals surface area (Å²) in [5.74, 6) is 1.30. The lowest BCUT2D eigenvalue weighted by atomic mass is 10.1. The number of hydrogen-bond donors (Lipinski definition) is 2. The van der Waals surface area contributed by atoms with Gasteiger partial charge in [-0.05, 0) is 48.5 Å². The number of fused-ring (bicyclic) bond motifs is 1. The number of nitrogens with zero attached hydrogens (tertiary/aromatic N) is 4. The normalized spacial score (nSPS) is 10.5.